The van der Waals surface area contributed by atoms with E-state index >= 15 is 0 Å². The Morgan fingerprint density at radius 3 is 2.44 bits per heavy atom. The average Bonchev–Trinajstić information content (AvgIpc) is 2.24. The summed E-state index contributed by atoms with van der Waals surface area (Å²) in [4.78, 5) is 0. The Kier molecular flexibility index (Phi) is 5.16. The number of thioether (sulfide) groups is 1. The lowest BCUT2D eigenvalue weighted by Gasteiger charge is -2.20. The highest BCUT2D eigenvalue weighted by atomic mass is 32.2. The summed E-state index contributed by atoms with van der Waals surface area (Å²) in [5, 5.41) is 9.73. The molecule has 1 N–H and O–H groups in total. The van der Waals surface area contributed by atoms with Crippen LogP contribution in [0.3, 0.4) is 0 Å². The largest absolute Gasteiger partial charge is 0.491 e. The van der Waals surface area contributed by atoms with Crippen molar-refractivity contribution in [3.8, 4) is 5.75 Å². The number of benzene rings is 1. The highest BCUT2D eigenvalue weighted by Crippen LogP contribution is 2.23. The van der Waals surface area contributed by atoms with E-state index in [1.807, 2.05) is 30.3 Å². The predicted octanol–water partition coefficient (Wildman–Crippen LogP) is 2.96. The van der Waals surface area contributed by atoms with E-state index in [0.717, 1.165) is 5.75 Å². The molecule has 0 bridgehead atoms. The van der Waals surface area contributed by atoms with Crippen LogP contribution in [0.5, 0.6) is 5.75 Å². The molecule has 16 heavy (non-hydrogen) atoms. The van der Waals surface area contributed by atoms with Crippen LogP contribution in [-0.4, -0.2) is 28.3 Å². The third-order valence-corrected chi connectivity index (χ3v) is 3.31. The molecule has 2 nitrogen and oxygen atoms in total. The molecule has 1 aromatic rings. The van der Waals surface area contributed by atoms with Gasteiger partial charge >= 0.3 is 0 Å². The lowest BCUT2D eigenvalue weighted by molar-refractivity contribution is 0.126. The Hall–Kier alpha value is -0.670. The quantitative estimate of drug-likeness (QED) is 0.858. The van der Waals surface area contributed by atoms with Gasteiger partial charge in [0.05, 0.1) is 6.10 Å². The first-order valence-corrected chi connectivity index (χ1v) is 6.46. The number of hydrogen-bond donors (Lipinski definition) is 1. The normalized spacial score (nSPS) is 13.5. The highest BCUT2D eigenvalue weighted by Gasteiger charge is 2.14. The maximum absolute atomic E-state index is 9.73. The molecule has 0 saturated carbocycles. The molecular weight excluding hydrogens is 220 g/mol. The summed E-state index contributed by atoms with van der Waals surface area (Å²) in [5.41, 5.74) is 0. The molecule has 0 amide bonds. The van der Waals surface area contributed by atoms with Gasteiger partial charge in [0.2, 0.25) is 0 Å². The van der Waals surface area contributed by atoms with Crippen LogP contribution in [0.4, 0.5) is 0 Å². The standard InChI is InChI=1S/C13H20O2S/c1-13(2,3)16-10-11(14)9-15-12-7-5-4-6-8-12/h4-8,11,14H,9-10H2,1-3H3/t11-/m1/s1. The van der Waals surface area contributed by atoms with Crippen molar-refractivity contribution in [3.63, 3.8) is 0 Å². The molecular formula is C13H20O2S. The average molecular weight is 240 g/mol. The monoisotopic (exact) mass is 240 g/mol. The van der Waals surface area contributed by atoms with Crippen molar-refractivity contribution in [1.29, 1.82) is 0 Å². The summed E-state index contributed by atoms with van der Waals surface area (Å²) in [5.74, 6) is 1.51. The van der Waals surface area contributed by atoms with Gasteiger partial charge in [-0.05, 0) is 12.1 Å². The van der Waals surface area contributed by atoms with Crippen LogP contribution in [0.2, 0.25) is 0 Å². The lowest BCUT2D eigenvalue weighted by atomic mass is 10.3. The molecule has 0 aliphatic carbocycles. The summed E-state index contributed by atoms with van der Waals surface area (Å²) in [7, 11) is 0. The molecule has 0 fully saturated rings. The Balaban J connectivity index is 2.23. The van der Waals surface area contributed by atoms with E-state index < -0.39 is 6.10 Å². The van der Waals surface area contributed by atoms with E-state index in [0.29, 0.717) is 12.4 Å². The fraction of sp³-hybridized carbons (Fsp3) is 0.538. The second-order valence-electron chi connectivity index (χ2n) is 4.70. The zero-order valence-electron chi connectivity index (χ0n) is 10.1. The van der Waals surface area contributed by atoms with E-state index in [9.17, 15) is 5.11 Å². The van der Waals surface area contributed by atoms with Gasteiger partial charge in [0.25, 0.3) is 0 Å². The number of aliphatic hydroxyl groups is 1. The van der Waals surface area contributed by atoms with Crippen LogP contribution >= 0.6 is 11.8 Å². The van der Waals surface area contributed by atoms with Crippen LogP contribution in [0.15, 0.2) is 30.3 Å². The van der Waals surface area contributed by atoms with Crippen molar-refractivity contribution in [3.05, 3.63) is 30.3 Å². The van der Waals surface area contributed by atoms with Crippen molar-refractivity contribution in [2.75, 3.05) is 12.4 Å². The fourth-order valence-corrected chi connectivity index (χ4v) is 1.89. The van der Waals surface area contributed by atoms with Crippen LogP contribution in [0, 0.1) is 0 Å². The third-order valence-electron chi connectivity index (χ3n) is 1.89. The maximum Gasteiger partial charge on any atom is 0.119 e. The second kappa shape index (κ2) is 6.16. The molecule has 0 aliphatic rings. The first-order chi connectivity index (χ1) is 7.47. The molecule has 1 rings (SSSR count). The van der Waals surface area contributed by atoms with E-state index in [2.05, 4.69) is 20.8 Å². The Labute approximate surface area is 102 Å². The van der Waals surface area contributed by atoms with Crippen LogP contribution < -0.4 is 4.74 Å². The first-order valence-electron chi connectivity index (χ1n) is 5.47. The van der Waals surface area contributed by atoms with Crippen molar-refractivity contribution in [2.45, 2.75) is 31.6 Å². The van der Waals surface area contributed by atoms with E-state index in [-0.39, 0.29) is 4.75 Å². The minimum absolute atomic E-state index is 0.188. The molecule has 0 aliphatic heterocycles. The van der Waals surface area contributed by atoms with Gasteiger partial charge < -0.3 is 9.84 Å². The molecule has 3 heteroatoms. The van der Waals surface area contributed by atoms with Gasteiger partial charge in [-0.2, -0.15) is 11.8 Å². The third kappa shape index (κ3) is 6.03. The SMILES string of the molecule is CC(C)(C)SC[C@H](O)COc1ccccc1. The Morgan fingerprint density at radius 2 is 1.88 bits per heavy atom. The van der Waals surface area contributed by atoms with Crippen LogP contribution in [0.1, 0.15) is 20.8 Å². The topological polar surface area (TPSA) is 29.5 Å². The minimum atomic E-state index is -0.413. The number of aliphatic hydroxyl groups excluding tert-OH is 1. The fourth-order valence-electron chi connectivity index (χ4n) is 1.10. The minimum Gasteiger partial charge on any atom is -0.491 e. The van der Waals surface area contributed by atoms with Gasteiger partial charge in [-0.1, -0.05) is 39.0 Å². The Bertz CT molecular complexity index is 293. The van der Waals surface area contributed by atoms with Gasteiger partial charge in [-0.3, -0.25) is 0 Å². The molecule has 0 radical (unpaired) electrons. The number of rotatable bonds is 5. The number of para-hydroxylation sites is 1. The lowest BCUT2D eigenvalue weighted by Crippen LogP contribution is -2.23. The van der Waals surface area contributed by atoms with Crippen molar-refractivity contribution in [2.24, 2.45) is 0 Å². The number of ether oxygens (including phenoxy) is 1. The highest BCUT2D eigenvalue weighted by molar-refractivity contribution is 8.00. The van der Waals surface area contributed by atoms with E-state index in [1.54, 1.807) is 11.8 Å². The van der Waals surface area contributed by atoms with Crippen LogP contribution in [0.25, 0.3) is 0 Å². The first kappa shape index (κ1) is 13.4. The van der Waals surface area contributed by atoms with Crippen molar-refractivity contribution in [1.82, 2.24) is 0 Å². The molecule has 90 valence electrons. The zero-order valence-corrected chi connectivity index (χ0v) is 11.0. The summed E-state index contributed by atoms with van der Waals surface area (Å²) >= 11 is 1.75. The van der Waals surface area contributed by atoms with Crippen LogP contribution in [-0.2, 0) is 0 Å². The number of hydrogen-bond acceptors (Lipinski definition) is 3. The summed E-state index contributed by atoms with van der Waals surface area (Å²) < 4.78 is 5.66. The maximum atomic E-state index is 9.73. The molecule has 0 aromatic heterocycles. The molecule has 0 spiro atoms. The predicted molar refractivity (Wildman–Crippen MR) is 70.2 cm³/mol. The van der Waals surface area contributed by atoms with Gasteiger partial charge in [0.15, 0.2) is 0 Å². The van der Waals surface area contributed by atoms with Crippen molar-refractivity contribution < 1.29 is 9.84 Å². The molecule has 1 atom stereocenters. The molecule has 0 unspecified atom stereocenters. The summed E-state index contributed by atoms with van der Waals surface area (Å²) in [6.07, 6.45) is -0.413. The van der Waals surface area contributed by atoms with Crippen molar-refractivity contribution >= 4 is 11.8 Å². The van der Waals surface area contributed by atoms with Gasteiger partial charge in [0, 0.05) is 10.5 Å². The molecule has 0 heterocycles. The Morgan fingerprint density at radius 1 is 1.25 bits per heavy atom. The zero-order chi connectivity index (χ0) is 12.0. The summed E-state index contributed by atoms with van der Waals surface area (Å²) in [6.45, 7) is 6.78. The van der Waals surface area contributed by atoms with Gasteiger partial charge in [-0.15, -0.1) is 0 Å². The molecule has 1 aromatic carbocycles. The van der Waals surface area contributed by atoms with Gasteiger partial charge in [0.1, 0.15) is 12.4 Å². The van der Waals surface area contributed by atoms with E-state index in [4.69, 9.17) is 4.74 Å². The van der Waals surface area contributed by atoms with E-state index in [1.165, 1.54) is 0 Å². The summed E-state index contributed by atoms with van der Waals surface area (Å²) in [6, 6.07) is 9.57. The van der Waals surface area contributed by atoms with Gasteiger partial charge in [-0.25, -0.2) is 0 Å². The molecule has 0 saturated heterocycles. The smallest absolute Gasteiger partial charge is 0.119 e. The second-order valence-corrected chi connectivity index (χ2v) is 6.55.